The zero-order valence-corrected chi connectivity index (χ0v) is 12.6. The summed E-state index contributed by atoms with van der Waals surface area (Å²) >= 11 is 3.41. The fourth-order valence-corrected chi connectivity index (χ4v) is 2.47. The molecule has 0 atom stereocenters. The minimum Gasteiger partial charge on any atom is -0.388 e. The molecule has 0 aliphatic heterocycles. The molecule has 106 valence electrons. The highest BCUT2D eigenvalue weighted by Gasteiger charge is 2.07. The molecule has 0 saturated heterocycles. The zero-order chi connectivity index (χ0) is 14.8. The third-order valence-electron chi connectivity index (χ3n) is 3.23. The highest BCUT2D eigenvalue weighted by atomic mass is 79.9. The number of rotatable bonds is 4. The Bertz CT molecular complexity index is 796. The van der Waals surface area contributed by atoms with Crippen LogP contribution in [0.5, 0.6) is 0 Å². The molecule has 21 heavy (non-hydrogen) atoms. The second-order valence-electron chi connectivity index (χ2n) is 4.66. The lowest BCUT2D eigenvalue weighted by Crippen LogP contribution is -2.05. The molecule has 0 saturated carbocycles. The van der Waals surface area contributed by atoms with Crippen LogP contribution in [0.15, 0.2) is 46.9 Å². The summed E-state index contributed by atoms with van der Waals surface area (Å²) in [5.41, 5.74) is 3.30. The van der Waals surface area contributed by atoms with E-state index in [0.29, 0.717) is 12.1 Å². The average molecular weight is 346 g/mol. The van der Waals surface area contributed by atoms with Gasteiger partial charge in [0.25, 0.3) is 0 Å². The first-order valence-electron chi connectivity index (χ1n) is 6.39. The van der Waals surface area contributed by atoms with Gasteiger partial charge in [-0.25, -0.2) is 4.68 Å². The molecule has 0 unspecified atom stereocenters. The van der Waals surface area contributed by atoms with Gasteiger partial charge in [-0.15, -0.1) is 5.10 Å². The van der Waals surface area contributed by atoms with Crippen LogP contribution in [-0.2, 0) is 6.54 Å². The van der Waals surface area contributed by atoms with Gasteiger partial charge in [0.1, 0.15) is 12.1 Å². The van der Waals surface area contributed by atoms with Crippen molar-refractivity contribution in [3.63, 3.8) is 0 Å². The first kappa shape index (κ1) is 13.9. The molecule has 0 aliphatic carbocycles. The Kier molecular flexibility index (Phi) is 3.81. The van der Waals surface area contributed by atoms with Crippen LogP contribution in [0.25, 0.3) is 11.0 Å². The van der Waals surface area contributed by atoms with Gasteiger partial charge < -0.3 is 5.11 Å². The molecule has 5 nitrogen and oxygen atoms in total. The number of aromatic nitrogens is 3. The zero-order valence-electron chi connectivity index (χ0n) is 11.0. The maximum atomic E-state index is 11.4. The standard InChI is InChI=1S/C15H12BrN3O2/c16-12-5-6-14-13(7-12)17-18-19(14)8-10-1-3-11(4-2-10)15(21)9-20/h1-7,20H,8-9H2. The van der Waals surface area contributed by atoms with E-state index >= 15 is 0 Å². The molecule has 6 heteroatoms. The van der Waals surface area contributed by atoms with Crippen LogP contribution in [0.1, 0.15) is 15.9 Å². The van der Waals surface area contributed by atoms with Crippen molar-refractivity contribution in [2.45, 2.75) is 6.54 Å². The van der Waals surface area contributed by atoms with Crippen molar-refractivity contribution in [2.24, 2.45) is 0 Å². The van der Waals surface area contributed by atoms with E-state index in [1.807, 2.05) is 35.0 Å². The molecule has 3 rings (SSSR count). The molecule has 1 heterocycles. The fourth-order valence-electron chi connectivity index (χ4n) is 2.12. The summed E-state index contributed by atoms with van der Waals surface area (Å²) in [6.07, 6.45) is 0. The number of benzene rings is 2. The van der Waals surface area contributed by atoms with Gasteiger partial charge in [-0.1, -0.05) is 45.4 Å². The normalized spacial score (nSPS) is 11.0. The first-order chi connectivity index (χ1) is 10.2. The number of Topliss-reactive ketones (excluding diaryl/α,β-unsaturated/α-hetero) is 1. The second kappa shape index (κ2) is 5.75. The van der Waals surface area contributed by atoms with Crippen LogP contribution in [0.2, 0.25) is 0 Å². The largest absolute Gasteiger partial charge is 0.388 e. The third-order valence-corrected chi connectivity index (χ3v) is 3.72. The van der Waals surface area contributed by atoms with E-state index in [4.69, 9.17) is 5.11 Å². The van der Waals surface area contributed by atoms with Crippen LogP contribution in [0, 0.1) is 0 Å². The van der Waals surface area contributed by atoms with Gasteiger partial charge in [-0.3, -0.25) is 4.79 Å². The van der Waals surface area contributed by atoms with Gasteiger partial charge in [-0.05, 0) is 23.8 Å². The molecular formula is C15H12BrN3O2. The van der Waals surface area contributed by atoms with Gasteiger partial charge in [0.15, 0.2) is 5.78 Å². The summed E-state index contributed by atoms with van der Waals surface area (Å²) in [4.78, 5) is 11.4. The van der Waals surface area contributed by atoms with Crippen molar-refractivity contribution < 1.29 is 9.90 Å². The van der Waals surface area contributed by atoms with Crippen LogP contribution < -0.4 is 0 Å². The van der Waals surface area contributed by atoms with E-state index in [-0.39, 0.29) is 5.78 Å². The molecule has 0 spiro atoms. The Labute approximate surface area is 129 Å². The summed E-state index contributed by atoms with van der Waals surface area (Å²) in [7, 11) is 0. The predicted octanol–water partition coefficient (Wildman–Crippen LogP) is 2.42. The summed E-state index contributed by atoms with van der Waals surface area (Å²) in [5.74, 6) is -0.280. The topological polar surface area (TPSA) is 68.0 Å². The average Bonchev–Trinajstić information content (AvgIpc) is 2.89. The Morgan fingerprint density at radius 1 is 1.19 bits per heavy atom. The maximum absolute atomic E-state index is 11.4. The first-order valence-corrected chi connectivity index (χ1v) is 7.18. The van der Waals surface area contributed by atoms with Crippen molar-refractivity contribution in [3.8, 4) is 0 Å². The Morgan fingerprint density at radius 2 is 1.95 bits per heavy atom. The number of aliphatic hydroxyl groups is 1. The minimum absolute atomic E-state index is 0.280. The Balaban J connectivity index is 1.86. The van der Waals surface area contributed by atoms with Gasteiger partial charge >= 0.3 is 0 Å². The predicted molar refractivity (Wildman–Crippen MR) is 82.2 cm³/mol. The lowest BCUT2D eigenvalue weighted by molar-refractivity contribution is 0.0903. The number of carbonyl (C=O) groups is 1. The van der Waals surface area contributed by atoms with Crippen LogP contribution >= 0.6 is 15.9 Å². The fraction of sp³-hybridized carbons (Fsp3) is 0.133. The molecule has 0 amide bonds. The molecule has 0 aliphatic rings. The maximum Gasteiger partial charge on any atom is 0.188 e. The van der Waals surface area contributed by atoms with Crippen LogP contribution in [0.3, 0.4) is 0 Å². The van der Waals surface area contributed by atoms with Crippen molar-refractivity contribution in [1.82, 2.24) is 15.0 Å². The lowest BCUT2D eigenvalue weighted by Gasteiger charge is -2.04. The number of carbonyl (C=O) groups excluding carboxylic acids is 1. The van der Waals surface area contributed by atoms with Gasteiger partial charge in [0.2, 0.25) is 0 Å². The van der Waals surface area contributed by atoms with Crippen LogP contribution in [-0.4, -0.2) is 32.5 Å². The summed E-state index contributed by atoms with van der Waals surface area (Å²) in [5, 5.41) is 17.1. The van der Waals surface area contributed by atoms with Gasteiger partial charge in [-0.2, -0.15) is 0 Å². The van der Waals surface area contributed by atoms with E-state index in [2.05, 4.69) is 26.2 Å². The highest BCUT2D eigenvalue weighted by molar-refractivity contribution is 9.10. The number of hydrogen-bond acceptors (Lipinski definition) is 4. The molecule has 2 aromatic carbocycles. The molecule has 3 aromatic rings. The van der Waals surface area contributed by atoms with Crippen molar-refractivity contribution in [3.05, 3.63) is 58.1 Å². The molecule has 1 N–H and O–H groups in total. The van der Waals surface area contributed by atoms with E-state index in [1.165, 1.54) is 0 Å². The van der Waals surface area contributed by atoms with E-state index in [9.17, 15) is 4.79 Å². The summed E-state index contributed by atoms with van der Waals surface area (Å²) in [6.45, 7) is 0.105. The van der Waals surface area contributed by atoms with Gasteiger partial charge in [0, 0.05) is 10.0 Å². The number of halogens is 1. The quantitative estimate of drug-likeness (QED) is 0.737. The molecular weight excluding hydrogens is 334 g/mol. The SMILES string of the molecule is O=C(CO)c1ccc(Cn2nnc3cc(Br)ccc32)cc1. The Morgan fingerprint density at radius 3 is 2.67 bits per heavy atom. The lowest BCUT2D eigenvalue weighted by atomic mass is 10.1. The smallest absolute Gasteiger partial charge is 0.188 e. The van der Waals surface area contributed by atoms with Gasteiger partial charge in [0.05, 0.1) is 12.1 Å². The van der Waals surface area contributed by atoms with Crippen LogP contribution in [0.4, 0.5) is 0 Å². The molecule has 0 radical (unpaired) electrons. The highest BCUT2D eigenvalue weighted by Crippen LogP contribution is 2.18. The minimum atomic E-state index is -0.470. The number of fused-ring (bicyclic) bond motifs is 1. The van der Waals surface area contributed by atoms with Crippen molar-refractivity contribution >= 4 is 32.7 Å². The number of aliphatic hydroxyl groups excluding tert-OH is 1. The summed E-state index contributed by atoms with van der Waals surface area (Å²) < 4.78 is 2.78. The van der Waals surface area contributed by atoms with E-state index in [0.717, 1.165) is 21.1 Å². The van der Waals surface area contributed by atoms with E-state index in [1.54, 1.807) is 12.1 Å². The third kappa shape index (κ3) is 2.86. The van der Waals surface area contributed by atoms with Crippen molar-refractivity contribution in [2.75, 3.05) is 6.61 Å². The second-order valence-corrected chi connectivity index (χ2v) is 5.57. The van der Waals surface area contributed by atoms with E-state index < -0.39 is 6.61 Å². The molecule has 0 bridgehead atoms. The van der Waals surface area contributed by atoms with Crippen molar-refractivity contribution in [1.29, 1.82) is 0 Å². The number of hydrogen-bond donors (Lipinski definition) is 1. The summed E-state index contributed by atoms with van der Waals surface area (Å²) in [6, 6.07) is 13.0. The Hall–Kier alpha value is -2.05. The molecule has 0 fully saturated rings. The number of nitrogens with zero attached hydrogens (tertiary/aromatic N) is 3. The number of ketones is 1. The monoisotopic (exact) mass is 345 g/mol. The molecule has 1 aromatic heterocycles.